The van der Waals surface area contributed by atoms with E-state index in [0.29, 0.717) is 13.0 Å². The van der Waals surface area contributed by atoms with E-state index in [9.17, 15) is 9.90 Å². The number of rotatable bonds is 4. The van der Waals surface area contributed by atoms with Crippen LogP contribution in [0.1, 0.15) is 51.4 Å². The molecule has 2 atom stereocenters. The summed E-state index contributed by atoms with van der Waals surface area (Å²) >= 11 is 0. The van der Waals surface area contributed by atoms with Crippen LogP contribution in [0.2, 0.25) is 0 Å². The van der Waals surface area contributed by atoms with Gasteiger partial charge in [0.05, 0.1) is 12.1 Å². The topological polar surface area (TPSA) is 75.4 Å². The molecule has 4 heteroatoms. The first-order valence-electron chi connectivity index (χ1n) is 6.83. The van der Waals surface area contributed by atoms with Gasteiger partial charge in [0.2, 0.25) is 5.91 Å². The molecule has 0 aromatic carbocycles. The third-order valence-electron chi connectivity index (χ3n) is 4.46. The Hall–Kier alpha value is -0.610. The van der Waals surface area contributed by atoms with Crippen LogP contribution in [0.25, 0.3) is 0 Å². The minimum absolute atomic E-state index is 0.0360. The van der Waals surface area contributed by atoms with Gasteiger partial charge in [0.1, 0.15) is 0 Å². The molecule has 4 nitrogen and oxygen atoms in total. The number of hydrogen-bond acceptors (Lipinski definition) is 3. The molecule has 98 valence electrons. The third kappa shape index (κ3) is 2.99. The molecule has 0 aromatic rings. The Morgan fingerprint density at radius 3 is 2.53 bits per heavy atom. The molecule has 0 radical (unpaired) electrons. The summed E-state index contributed by atoms with van der Waals surface area (Å²) in [5, 5.41) is 12.8. The monoisotopic (exact) mass is 240 g/mol. The Kier molecular flexibility index (Phi) is 4.05. The fourth-order valence-corrected chi connectivity index (χ4v) is 3.01. The predicted octanol–water partition coefficient (Wildman–Crippen LogP) is 0.925. The maximum absolute atomic E-state index is 11.9. The minimum atomic E-state index is -0.358. The van der Waals surface area contributed by atoms with Crippen LogP contribution >= 0.6 is 0 Å². The van der Waals surface area contributed by atoms with E-state index < -0.39 is 0 Å². The predicted molar refractivity (Wildman–Crippen MR) is 66.4 cm³/mol. The van der Waals surface area contributed by atoms with Gasteiger partial charge >= 0.3 is 0 Å². The van der Waals surface area contributed by atoms with E-state index in [1.165, 1.54) is 6.42 Å². The number of carbonyl (C=O) groups excluding carboxylic acids is 1. The van der Waals surface area contributed by atoms with Gasteiger partial charge in [-0.2, -0.15) is 0 Å². The zero-order valence-corrected chi connectivity index (χ0v) is 10.5. The number of nitrogens with one attached hydrogen (secondary N) is 1. The highest BCUT2D eigenvalue weighted by Crippen LogP contribution is 2.42. The summed E-state index contributed by atoms with van der Waals surface area (Å²) in [5.41, 5.74) is 5.81. The highest BCUT2D eigenvalue weighted by molar-refractivity contribution is 5.77. The molecule has 0 heterocycles. The van der Waals surface area contributed by atoms with Gasteiger partial charge in [0, 0.05) is 6.42 Å². The second-order valence-corrected chi connectivity index (χ2v) is 5.76. The molecule has 0 saturated heterocycles. The molecule has 2 fully saturated rings. The van der Waals surface area contributed by atoms with E-state index in [1.54, 1.807) is 0 Å². The summed E-state index contributed by atoms with van der Waals surface area (Å²) in [6.07, 6.45) is 7.40. The Morgan fingerprint density at radius 1 is 1.29 bits per heavy atom. The quantitative estimate of drug-likeness (QED) is 0.684. The number of amides is 1. The lowest BCUT2D eigenvalue weighted by Crippen LogP contribution is -2.48. The Labute approximate surface area is 103 Å². The van der Waals surface area contributed by atoms with Crippen molar-refractivity contribution in [3.05, 3.63) is 0 Å². The van der Waals surface area contributed by atoms with Crippen molar-refractivity contribution in [3.63, 3.8) is 0 Å². The molecule has 0 spiro atoms. The minimum Gasteiger partial charge on any atom is -0.391 e. The molecule has 17 heavy (non-hydrogen) atoms. The van der Waals surface area contributed by atoms with Gasteiger partial charge in [-0.05, 0) is 37.6 Å². The average molecular weight is 240 g/mol. The van der Waals surface area contributed by atoms with Gasteiger partial charge in [-0.1, -0.05) is 19.3 Å². The van der Waals surface area contributed by atoms with E-state index in [-0.39, 0.29) is 23.5 Å². The van der Waals surface area contributed by atoms with Crippen molar-refractivity contribution in [1.82, 2.24) is 5.32 Å². The Balaban J connectivity index is 1.80. The molecule has 0 unspecified atom stereocenters. The normalized spacial score (nSPS) is 31.6. The van der Waals surface area contributed by atoms with Crippen molar-refractivity contribution in [1.29, 1.82) is 0 Å². The summed E-state index contributed by atoms with van der Waals surface area (Å²) in [5.74, 6) is 0.0705. The van der Waals surface area contributed by atoms with Crippen molar-refractivity contribution in [3.8, 4) is 0 Å². The largest absolute Gasteiger partial charge is 0.391 e. The van der Waals surface area contributed by atoms with Gasteiger partial charge < -0.3 is 16.2 Å². The number of hydrogen-bond donors (Lipinski definition) is 3. The third-order valence-corrected chi connectivity index (χ3v) is 4.46. The van der Waals surface area contributed by atoms with Crippen LogP contribution in [0.5, 0.6) is 0 Å². The molecule has 4 N–H and O–H groups in total. The lowest BCUT2D eigenvalue weighted by molar-refractivity contribution is -0.126. The standard InChI is InChI=1S/C13H24N2O2/c14-9-13(6-3-7-13)8-12(17)15-10-4-1-2-5-11(10)16/h10-11,16H,1-9,14H2,(H,15,17)/t10-,11-/m1/s1. The number of nitrogens with two attached hydrogens (primary N) is 1. The molecule has 0 aromatic heterocycles. The fourth-order valence-electron chi connectivity index (χ4n) is 3.01. The van der Waals surface area contributed by atoms with Gasteiger partial charge in [-0.25, -0.2) is 0 Å². The van der Waals surface area contributed by atoms with E-state index >= 15 is 0 Å². The van der Waals surface area contributed by atoms with Crippen molar-refractivity contribution >= 4 is 5.91 Å². The Morgan fingerprint density at radius 2 is 2.00 bits per heavy atom. The summed E-state index contributed by atoms with van der Waals surface area (Å²) in [6, 6.07) is -0.0360. The van der Waals surface area contributed by atoms with E-state index in [2.05, 4.69) is 5.32 Å². The molecule has 2 aliphatic carbocycles. The van der Waals surface area contributed by atoms with Gasteiger partial charge in [0.25, 0.3) is 0 Å². The van der Waals surface area contributed by atoms with Crippen molar-refractivity contribution in [2.75, 3.05) is 6.54 Å². The molecular weight excluding hydrogens is 216 g/mol. The van der Waals surface area contributed by atoms with Crippen LogP contribution in [-0.2, 0) is 4.79 Å². The van der Waals surface area contributed by atoms with E-state index in [4.69, 9.17) is 5.73 Å². The molecule has 2 aliphatic rings. The number of carbonyl (C=O) groups is 1. The van der Waals surface area contributed by atoms with Crippen LogP contribution in [0, 0.1) is 5.41 Å². The second-order valence-electron chi connectivity index (χ2n) is 5.76. The first-order valence-corrected chi connectivity index (χ1v) is 6.83. The molecule has 1 amide bonds. The van der Waals surface area contributed by atoms with Crippen LogP contribution in [-0.4, -0.2) is 29.7 Å². The second kappa shape index (κ2) is 5.36. The average Bonchev–Trinajstić information content (AvgIpc) is 2.27. The van der Waals surface area contributed by atoms with E-state index in [1.807, 2.05) is 0 Å². The number of aliphatic hydroxyl groups is 1. The smallest absolute Gasteiger partial charge is 0.220 e. The van der Waals surface area contributed by atoms with Crippen molar-refractivity contribution < 1.29 is 9.90 Å². The summed E-state index contributed by atoms with van der Waals surface area (Å²) in [4.78, 5) is 11.9. The van der Waals surface area contributed by atoms with Gasteiger partial charge in [-0.15, -0.1) is 0 Å². The maximum atomic E-state index is 11.9. The van der Waals surface area contributed by atoms with Crippen LogP contribution < -0.4 is 11.1 Å². The lowest BCUT2D eigenvalue weighted by atomic mass is 9.66. The molecule has 0 bridgehead atoms. The fraction of sp³-hybridized carbons (Fsp3) is 0.923. The number of aliphatic hydroxyl groups excluding tert-OH is 1. The highest BCUT2D eigenvalue weighted by Gasteiger charge is 2.38. The van der Waals surface area contributed by atoms with E-state index in [0.717, 1.165) is 38.5 Å². The zero-order chi connectivity index (χ0) is 12.3. The SMILES string of the molecule is NCC1(CC(=O)N[C@@H]2CCCC[C@H]2O)CCC1. The summed E-state index contributed by atoms with van der Waals surface area (Å²) in [7, 11) is 0. The zero-order valence-electron chi connectivity index (χ0n) is 10.5. The van der Waals surface area contributed by atoms with Crippen LogP contribution in [0.15, 0.2) is 0 Å². The summed E-state index contributed by atoms with van der Waals surface area (Å²) < 4.78 is 0. The maximum Gasteiger partial charge on any atom is 0.220 e. The van der Waals surface area contributed by atoms with Crippen molar-refractivity contribution in [2.24, 2.45) is 11.1 Å². The first-order chi connectivity index (χ1) is 8.15. The van der Waals surface area contributed by atoms with Crippen molar-refractivity contribution in [2.45, 2.75) is 63.5 Å². The summed E-state index contributed by atoms with van der Waals surface area (Å²) in [6.45, 7) is 0.605. The molecular formula is C13H24N2O2. The highest BCUT2D eigenvalue weighted by atomic mass is 16.3. The molecule has 2 rings (SSSR count). The first kappa shape index (κ1) is 12.8. The van der Waals surface area contributed by atoms with Crippen LogP contribution in [0.3, 0.4) is 0 Å². The molecule has 0 aliphatic heterocycles. The molecule has 2 saturated carbocycles. The lowest BCUT2D eigenvalue weighted by Gasteiger charge is -2.41. The van der Waals surface area contributed by atoms with Gasteiger partial charge in [0.15, 0.2) is 0 Å². The van der Waals surface area contributed by atoms with Gasteiger partial charge in [-0.3, -0.25) is 4.79 Å². The van der Waals surface area contributed by atoms with Crippen LogP contribution in [0.4, 0.5) is 0 Å². The Bertz CT molecular complexity index is 271.